The molecule has 3 heterocycles. The van der Waals surface area contributed by atoms with Crippen LogP contribution in [-0.2, 0) is 17.9 Å². The number of amides is 1. The summed E-state index contributed by atoms with van der Waals surface area (Å²) < 4.78 is 6.94. The summed E-state index contributed by atoms with van der Waals surface area (Å²) in [7, 11) is 1.77. The van der Waals surface area contributed by atoms with Crippen LogP contribution in [0, 0.1) is 0 Å². The summed E-state index contributed by atoms with van der Waals surface area (Å²) in [6.45, 7) is 0.788. The summed E-state index contributed by atoms with van der Waals surface area (Å²) in [4.78, 5) is 33.1. The standard InChI is InChI=1S/C21H18ClN3O3S2/c1-24(12-16-5-3-9-29-16)19(26)13-30-21-23-18-10-14(22)6-7-17(18)20(27)25(21)11-15-4-2-8-28-15/h2-10H,11-13H2,1H3. The fourth-order valence-electron chi connectivity index (χ4n) is 2.94. The zero-order chi connectivity index (χ0) is 21.1. The molecule has 0 bridgehead atoms. The third-order valence-electron chi connectivity index (χ3n) is 4.50. The molecule has 6 nitrogen and oxygen atoms in total. The van der Waals surface area contributed by atoms with Crippen molar-refractivity contribution in [3.05, 3.63) is 80.1 Å². The largest absolute Gasteiger partial charge is 0.467 e. The molecule has 1 amide bonds. The Hall–Kier alpha value is -2.55. The van der Waals surface area contributed by atoms with Crippen LogP contribution in [0.25, 0.3) is 10.9 Å². The maximum absolute atomic E-state index is 13.1. The number of furan rings is 1. The first-order valence-corrected chi connectivity index (χ1v) is 11.4. The highest BCUT2D eigenvalue weighted by Crippen LogP contribution is 2.22. The first-order chi connectivity index (χ1) is 14.5. The van der Waals surface area contributed by atoms with E-state index < -0.39 is 0 Å². The average molecular weight is 460 g/mol. The van der Waals surface area contributed by atoms with Gasteiger partial charge >= 0.3 is 0 Å². The lowest BCUT2D eigenvalue weighted by molar-refractivity contribution is -0.127. The van der Waals surface area contributed by atoms with E-state index in [1.165, 1.54) is 16.3 Å². The molecule has 0 saturated carbocycles. The van der Waals surface area contributed by atoms with Crippen LogP contribution in [0.15, 0.2) is 68.5 Å². The van der Waals surface area contributed by atoms with Crippen molar-refractivity contribution in [1.29, 1.82) is 0 Å². The van der Waals surface area contributed by atoms with E-state index in [1.54, 1.807) is 59.9 Å². The molecule has 0 aliphatic rings. The van der Waals surface area contributed by atoms with Gasteiger partial charge in [0.1, 0.15) is 5.76 Å². The van der Waals surface area contributed by atoms with Gasteiger partial charge in [-0.2, -0.15) is 0 Å². The Kier molecular flexibility index (Phi) is 6.26. The van der Waals surface area contributed by atoms with Gasteiger partial charge in [0.15, 0.2) is 5.16 Å². The van der Waals surface area contributed by atoms with Gasteiger partial charge in [-0.25, -0.2) is 4.98 Å². The quantitative estimate of drug-likeness (QED) is 0.300. The number of carbonyl (C=O) groups excluding carboxylic acids is 1. The molecule has 9 heteroatoms. The van der Waals surface area contributed by atoms with Crippen molar-refractivity contribution >= 4 is 51.5 Å². The van der Waals surface area contributed by atoms with Crippen LogP contribution in [0.5, 0.6) is 0 Å². The lowest BCUT2D eigenvalue weighted by Crippen LogP contribution is -2.28. The van der Waals surface area contributed by atoms with E-state index >= 15 is 0 Å². The topological polar surface area (TPSA) is 68.3 Å². The van der Waals surface area contributed by atoms with E-state index in [9.17, 15) is 9.59 Å². The first-order valence-electron chi connectivity index (χ1n) is 9.13. The number of nitrogens with zero attached hydrogens (tertiary/aromatic N) is 3. The molecule has 0 aliphatic carbocycles. The fourth-order valence-corrected chi connectivity index (χ4v) is 4.81. The summed E-state index contributed by atoms with van der Waals surface area (Å²) in [5, 5.41) is 3.40. The van der Waals surface area contributed by atoms with Crippen molar-refractivity contribution in [2.75, 3.05) is 12.8 Å². The van der Waals surface area contributed by atoms with Crippen molar-refractivity contribution in [2.45, 2.75) is 18.2 Å². The molecule has 4 aromatic rings. The van der Waals surface area contributed by atoms with E-state index in [1.807, 2.05) is 17.5 Å². The molecule has 0 unspecified atom stereocenters. The van der Waals surface area contributed by atoms with Gasteiger partial charge in [0.25, 0.3) is 5.56 Å². The second-order valence-electron chi connectivity index (χ2n) is 6.64. The van der Waals surface area contributed by atoms with Crippen molar-refractivity contribution in [3.63, 3.8) is 0 Å². The number of carbonyl (C=O) groups is 1. The van der Waals surface area contributed by atoms with Crippen LogP contribution in [0.3, 0.4) is 0 Å². The number of benzene rings is 1. The molecule has 4 rings (SSSR count). The molecular weight excluding hydrogens is 442 g/mol. The van der Waals surface area contributed by atoms with E-state index in [0.29, 0.717) is 33.4 Å². The Bertz CT molecular complexity index is 1220. The van der Waals surface area contributed by atoms with Gasteiger partial charge in [0.2, 0.25) is 5.91 Å². The summed E-state index contributed by atoms with van der Waals surface area (Å²) >= 11 is 8.93. The van der Waals surface area contributed by atoms with Crippen LogP contribution in [0.4, 0.5) is 0 Å². The van der Waals surface area contributed by atoms with Crippen molar-refractivity contribution in [1.82, 2.24) is 14.5 Å². The summed E-state index contributed by atoms with van der Waals surface area (Å²) in [6, 6.07) is 12.5. The third-order valence-corrected chi connectivity index (χ3v) is 6.56. The Morgan fingerprint density at radius 3 is 2.90 bits per heavy atom. The minimum Gasteiger partial charge on any atom is -0.467 e. The highest BCUT2D eigenvalue weighted by molar-refractivity contribution is 7.99. The van der Waals surface area contributed by atoms with E-state index in [2.05, 4.69) is 4.98 Å². The monoisotopic (exact) mass is 459 g/mol. The number of hydrogen-bond acceptors (Lipinski definition) is 6. The van der Waals surface area contributed by atoms with Crippen molar-refractivity contribution in [3.8, 4) is 0 Å². The minimum atomic E-state index is -0.199. The molecule has 0 radical (unpaired) electrons. The number of thioether (sulfide) groups is 1. The van der Waals surface area contributed by atoms with Crippen LogP contribution in [0.1, 0.15) is 10.6 Å². The van der Waals surface area contributed by atoms with Gasteiger partial charge in [0.05, 0.1) is 36.0 Å². The zero-order valence-electron chi connectivity index (χ0n) is 16.1. The van der Waals surface area contributed by atoms with Crippen LogP contribution < -0.4 is 5.56 Å². The highest BCUT2D eigenvalue weighted by atomic mass is 35.5. The van der Waals surface area contributed by atoms with E-state index in [-0.39, 0.29) is 23.8 Å². The van der Waals surface area contributed by atoms with Crippen LogP contribution >= 0.6 is 34.7 Å². The summed E-state index contributed by atoms with van der Waals surface area (Å²) in [5.74, 6) is 0.757. The molecule has 30 heavy (non-hydrogen) atoms. The lowest BCUT2D eigenvalue weighted by atomic mass is 10.2. The Morgan fingerprint density at radius 2 is 2.17 bits per heavy atom. The molecule has 0 fully saturated rings. The van der Waals surface area contributed by atoms with Gasteiger partial charge in [-0.3, -0.25) is 14.2 Å². The zero-order valence-corrected chi connectivity index (χ0v) is 18.5. The first kappa shape index (κ1) is 20.7. The fraction of sp³-hybridized carbons (Fsp3) is 0.190. The summed E-state index contributed by atoms with van der Waals surface area (Å²) in [6.07, 6.45) is 1.56. The van der Waals surface area contributed by atoms with Gasteiger partial charge in [-0.15, -0.1) is 11.3 Å². The smallest absolute Gasteiger partial charge is 0.262 e. The predicted octanol–water partition coefficient (Wildman–Crippen LogP) is 4.50. The second kappa shape index (κ2) is 9.07. The van der Waals surface area contributed by atoms with Crippen molar-refractivity contribution < 1.29 is 9.21 Å². The number of aromatic nitrogens is 2. The number of hydrogen-bond donors (Lipinski definition) is 0. The Labute approximate surface area is 186 Å². The van der Waals surface area contributed by atoms with E-state index in [4.69, 9.17) is 16.0 Å². The number of thiophene rings is 1. The SMILES string of the molecule is CN(Cc1cccs1)C(=O)CSc1nc2cc(Cl)ccc2c(=O)n1Cc1ccco1. The molecule has 0 saturated heterocycles. The van der Waals surface area contributed by atoms with Gasteiger partial charge in [-0.05, 0) is 41.8 Å². The maximum Gasteiger partial charge on any atom is 0.262 e. The molecular formula is C21H18ClN3O3S2. The predicted molar refractivity (Wildman–Crippen MR) is 120 cm³/mol. The molecule has 0 atom stereocenters. The molecule has 0 N–H and O–H groups in total. The highest BCUT2D eigenvalue weighted by Gasteiger charge is 2.17. The molecule has 3 aromatic heterocycles. The normalized spacial score (nSPS) is 11.1. The lowest BCUT2D eigenvalue weighted by Gasteiger charge is -2.17. The molecule has 154 valence electrons. The average Bonchev–Trinajstić information content (AvgIpc) is 3.42. The van der Waals surface area contributed by atoms with Crippen LogP contribution in [0.2, 0.25) is 5.02 Å². The van der Waals surface area contributed by atoms with Gasteiger partial charge in [0, 0.05) is 16.9 Å². The number of fused-ring (bicyclic) bond motifs is 1. The molecule has 0 spiro atoms. The molecule has 1 aromatic carbocycles. The Balaban J connectivity index is 1.61. The second-order valence-corrected chi connectivity index (χ2v) is 9.06. The number of halogens is 1. The van der Waals surface area contributed by atoms with Crippen LogP contribution in [-0.4, -0.2) is 33.2 Å². The van der Waals surface area contributed by atoms with Crippen molar-refractivity contribution in [2.24, 2.45) is 0 Å². The van der Waals surface area contributed by atoms with E-state index in [0.717, 1.165) is 4.88 Å². The van der Waals surface area contributed by atoms with Gasteiger partial charge < -0.3 is 9.32 Å². The molecule has 0 aliphatic heterocycles. The summed E-state index contributed by atoms with van der Waals surface area (Å²) in [5.41, 5.74) is 0.306. The minimum absolute atomic E-state index is 0.0432. The third kappa shape index (κ3) is 4.61. The van der Waals surface area contributed by atoms with Gasteiger partial charge in [-0.1, -0.05) is 29.4 Å². The Morgan fingerprint density at radius 1 is 1.30 bits per heavy atom. The number of rotatable bonds is 7. The maximum atomic E-state index is 13.1.